The van der Waals surface area contributed by atoms with Crippen LogP contribution in [-0.4, -0.2) is 38.0 Å². The molecule has 8 heteroatoms. The lowest BCUT2D eigenvalue weighted by molar-refractivity contribution is 0.414. The van der Waals surface area contributed by atoms with Crippen molar-refractivity contribution in [3.63, 3.8) is 0 Å². The summed E-state index contributed by atoms with van der Waals surface area (Å²) in [5, 5.41) is 4.75. The van der Waals surface area contributed by atoms with Crippen LogP contribution in [0, 0.1) is 0 Å². The van der Waals surface area contributed by atoms with Gasteiger partial charge in [-0.1, -0.05) is 0 Å². The number of hydrogen-bond donors (Lipinski definition) is 1. The Labute approximate surface area is 234 Å². The summed E-state index contributed by atoms with van der Waals surface area (Å²) in [4.78, 5) is 30.3. The zero-order chi connectivity index (χ0) is 28.4. The van der Waals surface area contributed by atoms with Gasteiger partial charge in [-0.2, -0.15) is 0 Å². The average molecular weight is 549 g/mol. The molecule has 206 valence electrons. The number of benzene rings is 4. The smallest absolute Gasteiger partial charge is 0.259 e. The molecule has 0 saturated heterocycles. The molecule has 0 radical (unpaired) electrons. The summed E-state index contributed by atoms with van der Waals surface area (Å²) in [5.74, 6) is 2.58. The molecule has 41 heavy (non-hydrogen) atoms. The summed E-state index contributed by atoms with van der Waals surface area (Å²) in [5.41, 5.74) is 2.24. The minimum Gasteiger partial charge on any atom is -0.497 e. The number of pyridine rings is 2. The van der Waals surface area contributed by atoms with Gasteiger partial charge in [0.05, 0.1) is 50.2 Å². The number of fused-ring (bicyclic) bond motifs is 6. The normalized spacial score (nSPS) is 16.4. The van der Waals surface area contributed by atoms with Crippen molar-refractivity contribution in [2.24, 2.45) is 0 Å². The topological polar surface area (TPSA) is 91.8 Å². The van der Waals surface area contributed by atoms with Crippen molar-refractivity contribution in [2.45, 2.75) is 18.4 Å². The van der Waals surface area contributed by atoms with Gasteiger partial charge < -0.3 is 28.5 Å². The van der Waals surface area contributed by atoms with Crippen molar-refractivity contribution in [2.75, 3.05) is 28.4 Å². The molecule has 6 aromatic rings. The van der Waals surface area contributed by atoms with Crippen molar-refractivity contribution in [3.05, 3.63) is 93.0 Å². The first-order chi connectivity index (χ1) is 19.9. The molecule has 2 aromatic heterocycles. The van der Waals surface area contributed by atoms with Gasteiger partial charge in [0.1, 0.15) is 23.0 Å². The number of nitrogens with zero attached hydrogens (tertiary/aromatic N) is 1. The van der Waals surface area contributed by atoms with Gasteiger partial charge in [0.15, 0.2) is 0 Å². The number of nitrogens with one attached hydrogen (secondary N) is 1. The largest absolute Gasteiger partial charge is 0.497 e. The fourth-order valence-corrected chi connectivity index (χ4v) is 6.19. The van der Waals surface area contributed by atoms with E-state index in [1.54, 1.807) is 34.5 Å². The second-order valence-electron chi connectivity index (χ2n) is 10.4. The van der Waals surface area contributed by atoms with Crippen LogP contribution in [0.25, 0.3) is 43.4 Å². The molecule has 2 heterocycles. The third-order valence-electron chi connectivity index (χ3n) is 8.29. The molecule has 1 fully saturated rings. The quantitative estimate of drug-likeness (QED) is 0.260. The highest BCUT2D eigenvalue weighted by atomic mass is 16.5. The van der Waals surface area contributed by atoms with E-state index in [9.17, 15) is 9.59 Å². The number of aromatic nitrogens is 2. The number of rotatable bonds is 6. The lowest BCUT2D eigenvalue weighted by atomic mass is 9.97. The molecule has 8 nitrogen and oxygen atoms in total. The number of methoxy groups -OCH3 is 4. The van der Waals surface area contributed by atoms with Crippen molar-refractivity contribution in [1.82, 2.24) is 9.55 Å². The van der Waals surface area contributed by atoms with Crippen LogP contribution in [0.1, 0.15) is 23.9 Å². The van der Waals surface area contributed by atoms with E-state index in [1.165, 1.54) is 0 Å². The van der Waals surface area contributed by atoms with Crippen LogP contribution in [0.2, 0.25) is 0 Å². The van der Waals surface area contributed by atoms with E-state index in [0.717, 1.165) is 39.0 Å². The molecule has 1 saturated carbocycles. The second kappa shape index (κ2) is 9.30. The van der Waals surface area contributed by atoms with Gasteiger partial charge in [-0.25, -0.2) is 0 Å². The van der Waals surface area contributed by atoms with Crippen LogP contribution >= 0.6 is 0 Å². The SMILES string of the molecule is COc1cc(C2CC2n2c(=O)c3cc(OC)ccc3c3ccc(OC)cc32)c2c(c1)[nH]c(=O)c1cc(OC)ccc12. The third-order valence-corrected chi connectivity index (χ3v) is 8.29. The first kappa shape index (κ1) is 25.0. The maximum absolute atomic E-state index is 14.2. The Kier molecular flexibility index (Phi) is 5.67. The summed E-state index contributed by atoms with van der Waals surface area (Å²) < 4.78 is 23.9. The van der Waals surface area contributed by atoms with Crippen molar-refractivity contribution < 1.29 is 18.9 Å². The first-order valence-electron chi connectivity index (χ1n) is 13.4. The Morgan fingerprint density at radius 1 is 0.659 bits per heavy atom. The van der Waals surface area contributed by atoms with E-state index < -0.39 is 0 Å². The van der Waals surface area contributed by atoms with E-state index in [1.807, 2.05) is 65.2 Å². The minimum absolute atomic E-state index is 0.0129. The number of H-pyrrole nitrogens is 1. The lowest BCUT2D eigenvalue weighted by Gasteiger charge is -2.16. The van der Waals surface area contributed by atoms with Crippen LogP contribution in [-0.2, 0) is 0 Å². The van der Waals surface area contributed by atoms with Crippen LogP contribution in [0.3, 0.4) is 0 Å². The maximum Gasteiger partial charge on any atom is 0.259 e. The second-order valence-corrected chi connectivity index (χ2v) is 10.4. The molecule has 0 spiro atoms. The number of ether oxygens (including phenoxy) is 4. The molecule has 0 bridgehead atoms. The highest BCUT2D eigenvalue weighted by Crippen LogP contribution is 2.55. The Morgan fingerprint density at radius 2 is 1.27 bits per heavy atom. The molecule has 1 aliphatic rings. The Hall–Kier alpha value is -4.98. The lowest BCUT2D eigenvalue weighted by Crippen LogP contribution is -2.20. The van der Waals surface area contributed by atoms with Gasteiger partial charge in [0.25, 0.3) is 11.1 Å². The van der Waals surface area contributed by atoms with Crippen LogP contribution in [0.15, 0.2) is 76.3 Å². The average Bonchev–Trinajstić information content (AvgIpc) is 3.80. The molecule has 0 aliphatic heterocycles. The van der Waals surface area contributed by atoms with E-state index >= 15 is 0 Å². The van der Waals surface area contributed by atoms with E-state index in [-0.39, 0.29) is 23.1 Å². The zero-order valence-electron chi connectivity index (χ0n) is 23.1. The molecular formula is C33H28N2O6. The minimum atomic E-state index is -0.198. The van der Waals surface area contributed by atoms with E-state index in [4.69, 9.17) is 18.9 Å². The summed E-state index contributed by atoms with van der Waals surface area (Å²) in [6, 6.07) is 20.8. The number of hydrogen-bond acceptors (Lipinski definition) is 6. The molecule has 0 amide bonds. The Morgan fingerprint density at radius 3 is 1.95 bits per heavy atom. The monoisotopic (exact) mass is 548 g/mol. The first-order valence-corrected chi connectivity index (χ1v) is 13.4. The van der Waals surface area contributed by atoms with Gasteiger partial charge in [0.2, 0.25) is 0 Å². The predicted octanol–water partition coefficient (Wildman–Crippen LogP) is 5.91. The van der Waals surface area contributed by atoms with Gasteiger partial charge >= 0.3 is 0 Å². The fraction of sp³-hybridized carbons (Fsp3) is 0.212. The van der Waals surface area contributed by atoms with E-state index in [0.29, 0.717) is 39.3 Å². The molecule has 1 aliphatic carbocycles. The highest BCUT2D eigenvalue weighted by Gasteiger charge is 2.43. The molecule has 2 atom stereocenters. The fourth-order valence-electron chi connectivity index (χ4n) is 6.19. The summed E-state index contributed by atoms with van der Waals surface area (Å²) in [6.07, 6.45) is 0.751. The maximum atomic E-state index is 14.2. The molecule has 1 N–H and O–H groups in total. The third kappa shape index (κ3) is 3.82. The Bertz CT molecular complexity index is 2150. The van der Waals surface area contributed by atoms with Gasteiger partial charge in [-0.05, 0) is 77.4 Å². The Balaban J connectivity index is 1.49. The van der Waals surface area contributed by atoms with Gasteiger partial charge in [-0.3, -0.25) is 9.59 Å². The summed E-state index contributed by atoms with van der Waals surface area (Å²) in [7, 11) is 6.41. The van der Waals surface area contributed by atoms with Crippen LogP contribution in [0.5, 0.6) is 23.0 Å². The van der Waals surface area contributed by atoms with E-state index in [2.05, 4.69) is 4.98 Å². The standard InChI is InChI=1S/C33H28N2O6/c1-38-17-7-10-23-26(11-17)32(36)34-28-14-20(41-4)13-25(31(23)28)24-16-30(24)35-29-15-19(40-3)6-9-22(29)21-8-5-18(39-2)12-27(21)33(35)37/h5-15,24,30H,16H2,1-4H3,(H,34,36). The van der Waals surface area contributed by atoms with Crippen molar-refractivity contribution >= 4 is 43.4 Å². The molecule has 2 unspecified atom stereocenters. The van der Waals surface area contributed by atoms with Gasteiger partial charge in [0, 0.05) is 34.9 Å². The molecular weight excluding hydrogens is 520 g/mol. The van der Waals surface area contributed by atoms with Crippen LogP contribution in [0.4, 0.5) is 0 Å². The number of aromatic amines is 1. The highest BCUT2D eigenvalue weighted by molar-refractivity contribution is 6.09. The van der Waals surface area contributed by atoms with Crippen LogP contribution < -0.4 is 30.1 Å². The predicted molar refractivity (Wildman–Crippen MR) is 160 cm³/mol. The summed E-state index contributed by atoms with van der Waals surface area (Å²) in [6.45, 7) is 0. The summed E-state index contributed by atoms with van der Waals surface area (Å²) >= 11 is 0. The zero-order valence-corrected chi connectivity index (χ0v) is 23.1. The van der Waals surface area contributed by atoms with Gasteiger partial charge in [-0.15, -0.1) is 0 Å². The van der Waals surface area contributed by atoms with Crippen molar-refractivity contribution in [1.29, 1.82) is 0 Å². The molecule has 7 rings (SSSR count). The van der Waals surface area contributed by atoms with Crippen molar-refractivity contribution in [3.8, 4) is 23.0 Å². The molecule has 4 aromatic carbocycles.